The van der Waals surface area contributed by atoms with E-state index in [-0.39, 0.29) is 52.8 Å². The Morgan fingerprint density at radius 1 is 1.23 bits per heavy atom. The van der Waals surface area contributed by atoms with E-state index in [1.807, 2.05) is 0 Å². The third-order valence-corrected chi connectivity index (χ3v) is 10.9. The van der Waals surface area contributed by atoms with Crippen LogP contribution in [-0.2, 0) is 28.5 Å². The summed E-state index contributed by atoms with van der Waals surface area (Å²) in [6.45, 7) is 9.47. The quantitative estimate of drug-likeness (QED) is 0.363. The van der Waals surface area contributed by atoms with Gasteiger partial charge in [0.2, 0.25) is 0 Å². The number of carbonyl (C=O) groups is 1. The Morgan fingerprint density at radius 3 is 2.74 bits per heavy atom. The molecule has 31 heavy (non-hydrogen) atoms. The van der Waals surface area contributed by atoms with Gasteiger partial charge < -0.3 is 23.7 Å². The zero-order chi connectivity index (χ0) is 21.6. The molecule has 0 bridgehead atoms. The maximum Gasteiger partial charge on any atom is 0.334 e. The van der Waals surface area contributed by atoms with Crippen LogP contribution in [0.25, 0.3) is 0 Å². The maximum atomic E-state index is 12.3. The molecule has 3 aliphatic carbocycles. The smallest absolute Gasteiger partial charge is 0.334 e. The van der Waals surface area contributed by atoms with Crippen molar-refractivity contribution in [2.45, 2.75) is 100 Å². The number of epoxide rings is 3. The number of hydrogen-bond acceptors (Lipinski definition) is 7. The lowest BCUT2D eigenvalue weighted by molar-refractivity contribution is -0.136. The molecule has 4 unspecified atom stereocenters. The van der Waals surface area contributed by atoms with E-state index in [1.54, 1.807) is 11.8 Å². The fourth-order valence-electron chi connectivity index (χ4n) is 8.34. The van der Waals surface area contributed by atoms with Gasteiger partial charge in [0.25, 0.3) is 0 Å². The van der Waals surface area contributed by atoms with Crippen LogP contribution in [0.3, 0.4) is 0 Å². The third kappa shape index (κ3) is 1.91. The molecule has 0 amide bonds. The number of ether oxygens (including phenoxy) is 5. The van der Waals surface area contributed by atoms with Crippen LogP contribution in [0.2, 0.25) is 0 Å². The van der Waals surface area contributed by atoms with Crippen molar-refractivity contribution in [2.24, 2.45) is 17.3 Å². The van der Waals surface area contributed by atoms with Gasteiger partial charge in [0.1, 0.15) is 41.6 Å². The molecule has 2 saturated carbocycles. The molecule has 0 N–H and O–H groups in total. The van der Waals surface area contributed by atoms with Gasteiger partial charge >= 0.3 is 5.97 Å². The number of esters is 1. The second kappa shape index (κ2) is 5.72. The molecule has 7 heteroatoms. The molecule has 6 nitrogen and oxygen atoms in total. The van der Waals surface area contributed by atoms with Crippen molar-refractivity contribution < 1.29 is 28.5 Å². The highest BCUT2D eigenvalue weighted by atomic mass is 32.2. The van der Waals surface area contributed by atoms with Crippen LogP contribution in [-0.4, -0.2) is 65.5 Å². The van der Waals surface area contributed by atoms with E-state index >= 15 is 0 Å². The third-order valence-electron chi connectivity index (χ3n) is 9.95. The highest BCUT2D eigenvalue weighted by Gasteiger charge is 3.00. The minimum atomic E-state index is -0.440. The van der Waals surface area contributed by atoms with Crippen molar-refractivity contribution in [3.05, 3.63) is 11.1 Å². The molecule has 10 atom stereocenters. The SMILES string of the molecule is CCC(OC1C23OC2C[C@H]2C4=C(CC[C@]2(C)[C@@]32O[C@H]2[C@@H]2O[C@]12C(C)C)C(=O)OC4)SC. The minimum absolute atomic E-state index is 0.0575. The number of fused-ring (bicyclic) bond motifs is 4. The first-order valence-electron chi connectivity index (χ1n) is 11.9. The first-order valence-corrected chi connectivity index (χ1v) is 13.2. The molecule has 3 saturated heterocycles. The second-order valence-electron chi connectivity index (χ2n) is 11.1. The monoisotopic (exact) mass is 448 g/mol. The van der Waals surface area contributed by atoms with Crippen LogP contribution in [0.15, 0.2) is 11.1 Å². The molecule has 0 aromatic heterocycles. The van der Waals surface area contributed by atoms with E-state index in [1.165, 1.54) is 5.57 Å². The zero-order valence-electron chi connectivity index (χ0n) is 18.9. The van der Waals surface area contributed by atoms with Crippen LogP contribution in [0.1, 0.15) is 53.4 Å². The van der Waals surface area contributed by atoms with Crippen molar-refractivity contribution in [1.29, 1.82) is 0 Å². The number of rotatable bonds is 5. The molecule has 0 aromatic carbocycles. The predicted molar refractivity (Wildman–Crippen MR) is 114 cm³/mol. The Kier molecular flexibility index (Phi) is 3.66. The summed E-state index contributed by atoms with van der Waals surface area (Å²) in [6, 6.07) is 0. The molecule has 4 heterocycles. The van der Waals surface area contributed by atoms with E-state index < -0.39 is 11.2 Å². The highest BCUT2D eigenvalue weighted by Crippen LogP contribution is 2.83. The number of hydrogen-bond donors (Lipinski definition) is 0. The number of carbonyl (C=O) groups excluding carboxylic acids is 1. The molecular formula is C24H32O6S. The first-order chi connectivity index (χ1) is 14.8. The summed E-state index contributed by atoms with van der Waals surface area (Å²) in [7, 11) is 0. The van der Waals surface area contributed by atoms with Gasteiger partial charge in [-0.05, 0) is 49.3 Å². The summed E-state index contributed by atoms with van der Waals surface area (Å²) in [5.74, 6) is 0.480. The molecule has 4 aliphatic heterocycles. The van der Waals surface area contributed by atoms with E-state index in [0.29, 0.717) is 12.5 Å². The fourth-order valence-corrected chi connectivity index (χ4v) is 8.90. The normalized spacial score (nSPS) is 55.9. The first kappa shape index (κ1) is 19.8. The van der Waals surface area contributed by atoms with Crippen molar-refractivity contribution in [3.63, 3.8) is 0 Å². The summed E-state index contributed by atoms with van der Waals surface area (Å²) in [6.07, 6.45) is 5.76. The lowest BCUT2D eigenvalue weighted by atomic mass is 9.46. The number of thioether (sulfide) groups is 1. The van der Waals surface area contributed by atoms with Crippen LogP contribution in [0.4, 0.5) is 0 Å². The van der Waals surface area contributed by atoms with Gasteiger partial charge in [0.15, 0.2) is 5.60 Å². The van der Waals surface area contributed by atoms with Crippen molar-refractivity contribution in [2.75, 3.05) is 12.9 Å². The van der Waals surface area contributed by atoms with E-state index in [9.17, 15) is 4.79 Å². The second-order valence-corrected chi connectivity index (χ2v) is 12.1. The van der Waals surface area contributed by atoms with E-state index in [4.69, 9.17) is 23.7 Å². The van der Waals surface area contributed by atoms with Crippen molar-refractivity contribution in [3.8, 4) is 0 Å². The van der Waals surface area contributed by atoms with Crippen LogP contribution < -0.4 is 0 Å². The van der Waals surface area contributed by atoms with E-state index in [2.05, 4.69) is 34.0 Å². The van der Waals surface area contributed by atoms with Gasteiger partial charge in [0, 0.05) is 11.0 Å². The van der Waals surface area contributed by atoms with Gasteiger partial charge in [-0.15, -0.1) is 11.8 Å². The Bertz CT molecular complexity index is 914. The molecule has 0 radical (unpaired) electrons. The topological polar surface area (TPSA) is 73.1 Å². The summed E-state index contributed by atoms with van der Waals surface area (Å²) in [5.41, 5.74) is 0.984. The van der Waals surface area contributed by atoms with Crippen molar-refractivity contribution >= 4 is 17.7 Å². The lowest BCUT2D eigenvalue weighted by Gasteiger charge is -2.54. The maximum absolute atomic E-state index is 12.3. The largest absolute Gasteiger partial charge is 0.458 e. The number of cyclic esters (lactones) is 1. The summed E-state index contributed by atoms with van der Waals surface area (Å²) < 4.78 is 32.4. The summed E-state index contributed by atoms with van der Waals surface area (Å²) in [4.78, 5) is 12.3. The molecular weight excluding hydrogens is 416 g/mol. The Hall–Kier alpha value is -0.600. The Morgan fingerprint density at radius 2 is 2.03 bits per heavy atom. The van der Waals surface area contributed by atoms with Crippen molar-refractivity contribution in [1.82, 2.24) is 0 Å². The standard InChI is InChI=1S/C24H32O6S/c1-6-16(31-5)27-20-22(11(2)3)17(29-22)18-24(30-18)21(4)8-7-12-13(10-26-19(12)25)14(21)9-15-23(20,24)28-15/h11,14-18,20H,6-10H2,1-5H3/t14-,15?,16?,17-,18-,20?,21-,22-,23?,24+/m0/s1. The average molecular weight is 449 g/mol. The van der Waals surface area contributed by atoms with Gasteiger partial charge in [-0.25, -0.2) is 4.79 Å². The van der Waals surface area contributed by atoms with E-state index in [0.717, 1.165) is 31.3 Å². The molecule has 0 aromatic rings. The molecule has 170 valence electrons. The van der Waals surface area contributed by atoms with Gasteiger partial charge in [0.05, 0.1) is 6.10 Å². The summed E-state index contributed by atoms with van der Waals surface area (Å²) >= 11 is 1.76. The van der Waals surface area contributed by atoms with Crippen LogP contribution in [0.5, 0.6) is 0 Å². The molecule has 5 fully saturated rings. The van der Waals surface area contributed by atoms with Crippen LogP contribution >= 0.6 is 11.8 Å². The summed E-state index contributed by atoms with van der Waals surface area (Å²) in [5, 5.41) is 0. The predicted octanol–water partition coefficient (Wildman–Crippen LogP) is 3.23. The molecule has 7 aliphatic rings. The van der Waals surface area contributed by atoms with Crippen LogP contribution in [0, 0.1) is 17.3 Å². The minimum Gasteiger partial charge on any atom is -0.458 e. The van der Waals surface area contributed by atoms with Gasteiger partial charge in [-0.1, -0.05) is 27.7 Å². The fraction of sp³-hybridized carbons (Fsp3) is 0.875. The van der Waals surface area contributed by atoms with Gasteiger partial charge in [-0.3, -0.25) is 0 Å². The van der Waals surface area contributed by atoms with Gasteiger partial charge in [-0.2, -0.15) is 0 Å². The Labute approximate surface area is 187 Å². The zero-order valence-corrected chi connectivity index (χ0v) is 19.8. The molecule has 2 spiro atoms. The Balaban J connectivity index is 1.35. The molecule has 7 rings (SSSR count). The average Bonchev–Trinajstić information content (AvgIpc) is 3.64. The highest BCUT2D eigenvalue weighted by molar-refractivity contribution is 7.99. The lowest BCUT2D eigenvalue weighted by Crippen LogP contribution is -2.70.